The highest BCUT2D eigenvalue weighted by Gasteiger charge is 2.76. The lowest BCUT2D eigenvalue weighted by Crippen LogP contribution is -2.57. The molecule has 2 spiro atoms. The van der Waals surface area contributed by atoms with Gasteiger partial charge in [-0.3, -0.25) is 9.69 Å². The van der Waals surface area contributed by atoms with Gasteiger partial charge in [-0.15, -0.1) is 0 Å². The molecule has 2 saturated heterocycles. The highest BCUT2D eigenvalue weighted by atomic mass is 16.1. The summed E-state index contributed by atoms with van der Waals surface area (Å²) < 4.78 is 0. The summed E-state index contributed by atoms with van der Waals surface area (Å²) in [5.41, 5.74) is 9.24. The number of benzene rings is 4. The summed E-state index contributed by atoms with van der Waals surface area (Å²) in [4.78, 5) is 29.0. The molecule has 4 atom stereocenters. The van der Waals surface area contributed by atoms with Crippen LogP contribution >= 0.6 is 0 Å². The minimum atomic E-state index is -0.708. The highest BCUT2D eigenvalue weighted by Crippen LogP contribution is 2.72. The van der Waals surface area contributed by atoms with Gasteiger partial charge in [-0.1, -0.05) is 90.5 Å². The van der Waals surface area contributed by atoms with Crippen molar-refractivity contribution in [2.45, 2.75) is 50.1 Å². The molecule has 0 saturated carbocycles. The van der Waals surface area contributed by atoms with E-state index in [-0.39, 0.29) is 17.7 Å². The van der Waals surface area contributed by atoms with Crippen LogP contribution in [-0.4, -0.2) is 33.2 Å². The Morgan fingerprint density at radius 3 is 2.34 bits per heavy atom. The van der Waals surface area contributed by atoms with Gasteiger partial charge in [0.05, 0.1) is 27.8 Å². The maximum Gasteiger partial charge on any atom is 0.172 e. The molecule has 2 fully saturated rings. The summed E-state index contributed by atoms with van der Waals surface area (Å²) in [5, 5.41) is 0. The van der Waals surface area contributed by atoms with Gasteiger partial charge >= 0.3 is 0 Å². The van der Waals surface area contributed by atoms with Crippen LogP contribution in [0.4, 0.5) is 0 Å². The molecule has 4 heteroatoms. The zero-order valence-electron chi connectivity index (χ0n) is 23.2. The molecule has 2 aliphatic heterocycles. The lowest BCUT2D eigenvalue weighted by molar-refractivity contribution is 0.0385. The molecule has 5 aromatic rings. The van der Waals surface area contributed by atoms with E-state index in [1.54, 1.807) is 0 Å². The van der Waals surface area contributed by atoms with Crippen LogP contribution in [0.5, 0.6) is 0 Å². The molecule has 0 bridgehead atoms. The number of rotatable bonds is 1. The molecule has 4 aliphatic rings. The third-order valence-electron chi connectivity index (χ3n) is 10.7. The molecular weight excluding hydrogens is 502 g/mol. The first-order valence-electron chi connectivity index (χ1n) is 15.0. The molecule has 4 nitrogen and oxygen atoms in total. The summed E-state index contributed by atoms with van der Waals surface area (Å²) in [5.74, 6) is 0.329. The van der Waals surface area contributed by atoms with E-state index in [1.165, 1.54) is 22.3 Å². The number of Topliss-reactive ketones (excluding diaryl/α,β-unsaturated/α-hetero) is 1. The molecule has 4 aromatic carbocycles. The third kappa shape index (κ3) is 2.77. The van der Waals surface area contributed by atoms with Crippen molar-refractivity contribution < 1.29 is 4.79 Å². The number of hydrogen-bond donors (Lipinski definition) is 0. The van der Waals surface area contributed by atoms with Crippen molar-refractivity contribution in [3.8, 4) is 11.3 Å². The standard InChI is InChI=1S/C37H31N3O/c1-23-16-18-25(19-17-23)32-31-15-8-22-40(31)37(36(32)21-20-24-9-2-3-10-26(24)35(36)41)28-12-5-4-11-27(28)33-34(37)39-30-14-7-6-13-29(30)38-33/h2-7,9-14,16-19,31-32H,8,15,20-22H2,1H3/t31-,32-,36-,37+/m1/s1. The number of para-hydroxylation sites is 2. The molecule has 3 heterocycles. The Hall–Kier alpha value is -4.15. The van der Waals surface area contributed by atoms with Crippen LogP contribution in [0.15, 0.2) is 97.1 Å². The number of hydrogen-bond acceptors (Lipinski definition) is 4. The second-order valence-corrected chi connectivity index (χ2v) is 12.4. The van der Waals surface area contributed by atoms with Crippen molar-refractivity contribution in [3.63, 3.8) is 0 Å². The first-order chi connectivity index (χ1) is 20.1. The largest absolute Gasteiger partial charge is 0.293 e. The van der Waals surface area contributed by atoms with E-state index in [9.17, 15) is 0 Å². The maximum absolute atomic E-state index is 15.5. The maximum atomic E-state index is 15.5. The van der Waals surface area contributed by atoms with Gasteiger partial charge < -0.3 is 0 Å². The van der Waals surface area contributed by atoms with Crippen LogP contribution in [0, 0.1) is 12.3 Å². The second kappa shape index (κ2) is 8.20. The van der Waals surface area contributed by atoms with Crippen molar-refractivity contribution >= 4 is 16.8 Å². The van der Waals surface area contributed by atoms with E-state index in [2.05, 4.69) is 90.7 Å². The van der Waals surface area contributed by atoms with E-state index in [0.29, 0.717) is 0 Å². The van der Waals surface area contributed by atoms with Crippen molar-refractivity contribution in [2.24, 2.45) is 5.41 Å². The first kappa shape index (κ1) is 23.5. The van der Waals surface area contributed by atoms with Gasteiger partial charge in [0, 0.05) is 23.1 Å². The lowest BCUT2D eigenvalue weighted by atomic mass is 9.52. The van der Waals surface area contributed by atoms with Gasteiger partial charge in [0.15, 0.2) is 5.78 Å². The average molecular weight is 534 g/mol. The predicted octanol–water partition coefficient (Wildman–Crippen LogP) is 7.24. The van der Waals surface area contributed by atoms with Gasteiger partial charge in [0.1, 0.15) is 5.54 Å². The molecule has 0 amide bonds. The minimum Gasteiger partial charge on any atom is -0.293 e. The molecule has 1 aromatic heterocycles. The monoisotopic (exact) mass is 533 g/mol. The van der Waals surface area contributed by atoms with E-state index < -0.39 is 11.0 Å². The zero-order valence-corrected chi connectivity index (χ0v) is 23.2. The topological polar surface area (TPSA) is 46.1 Å². The molecular formula is C37H31N3O. The first-order valence-corrected chi connectivity index (χ1v) is 15.0. The molecule has 0 unspecified atom stereocenters. The number of nitrogens with zero attached hydrogens (tertiary/aromatic N) is 3. The summed E-state index contributed by atoms with van der Waals surface area (Å²) in [6.45, 7) is 3.09. The number of fused-ring (bicyclic) bond motifs is 10. The number of aryl methyl sites for hydroxylation is 2. The molecule has 0 N–H and O–H groups in total. The molecule has 200 valence electrons. The molecule has 9 rings (SSSR count). The van der Waals surface area contributed by atoms with Crippen LogP contribution in [-0.2, 0) is 12.0 Å². The van der Waals surface area contributed by atoms with Gasteiger partial charge in [0.25, 0.3) is 0 Å². The van der Waals surface area contributed by atoms with Crippen LogP contribution in [0.2, 0.25) is 0 Å². The van der Waals surface area contributed by atoms with Crippen molar-refractivity contribution in [1.29, 1.82) is 0 Å². The van der Waals surface area contributed by atoms with E-state index in [0.717, 1.165) is 65.8 Å². The fourth-order valence-corrected chi connectivity index (χ4v) is 9.25. The fourth-order valence-electron chi connectivity index (χ4n) is 9.25. The van der Waals surface area contributed by atoms with Crippen LogP contribution < -0.4 is 0 Å². The Kier molecular flexibility index (Phi) is 4.71. The Bertz CT molecular complexity index is 1890. The lowest BCUT2D eigenvalue weighted by Gasteiger charge is -2.50. The molecule has 41 heavy (non-hydrogen) atoms. The van der Waals surface area contributed by atoms with Gasteiger partial charge in [-0.2, -0.15) is 0 Å². The van der Waals surface area contributed by atoms with E-state index in [4.69, 9.17) is 9.97 Å². The minimum absolute atomic E-state index is 0.0544. The van der Waals surface area contributed by atoms with Gasteiger partial charge in [-0.05, 0) is 68.0 Å². The van der Waals surface area contributed by atoms with Crippen LogP contribution in [0.25, 0.3) is 22.3 Å². The van der Waals surface area contributed by atoms with Gasteiger partial charge in [0.2, 0.25) is 0 Å². The Morgan fingerprint density at radius 2 is 1.51 bits per heavy atom. The van der Waals surface area contributed by atoms with Crippen molar-refractivity contribution in [1.82, 2.24) is 14.9 Å². The van der Waals surface area contributed by atoms with E-state index >= 15 is 4.79 Å². The molecule has 0 radical (unpaired) electrons. The second-order valence-electron chi connectivity index (χ2n) is 12.4. The normalized spacial score (nSPS) is 27.8. The Labute approximate surface area is 240 Å². The van der Waals surface area contributed by atoms with Crippen LogP contribution in [0.3, 0.4) is 0 Å². The Balaban J connectivity index is 1.44. The quantitative estimate of drug-likeness (QED) is 0.228. The van der Waals surface area contributed by atoms with Gasteiger partial charge in [-0.25, -0.2) is 9.97 Å². The smallest absolute Gasteiger partial charge is 0.172 e. The SMILES string of the molecule is Cc1ccc([C@@H]2[C@H]3CCCN3[C@]3(c4ccccc4-c4nc5ccccc5nc43)[C@]23CCc2ccccc2C3=O)cc1. The summed E-state index contributed by atoms with van der Waals surface area (Å²) in [6, 6.07) is 34.5. The van der Waals surface area contributed by atoms with Crippen LogP contribution in [0.1, 0.15) is 63.5 Å². The van der Waals surface area contributed by atoms with Crippen molar-refractivity contribution in [3.05, 3.63) is 131 Å². The predicted molar refractivity (Wildman–Crippen MR) is 161 cm³/mol. The average Bonchev–Trinajstić information content (AvgIpc) is 3.66. The zero-order chi connectivity index (χ0) is 27.3. The number of carbonyl (C=O) groups excluding carboxylic acids is 1. The third-order valence-corrected chi connectivity index (χ3v) is 10.7. The summed E-state index contributed by atoms with van der Waals surface area (Å²) in [6.07, 6.45) is 3.87. The summed E-state index contributed by atoms with van der Waals surface area (Å²) in [7, 11) is 0. The van der Waals surface area contributed by atoms with E-state index in [1.807, 2.05) is 18.2 Å². The number of ketones is 1. The highest BCUT2D eigenvalue weighted by molar-refractivity contribution is 6.06. The van der Waals surface area contributed by atoms with Crippen molar-refractivity contribution in [2.75, 3.05) is 6.54 Å². The fraction of sp³-hybridized carbons (Fsp3) is 0.270. The number of carbonyl (C=O) groups is 1. The Morgan fingerprint density at radius 1 is 0.805 bits per heavy atom. The number of aromatic nitrogens is 2. The molecule has 2 aliphatic carbocycles. The summed E-state index contributed by atoms with van der Waals surface area (Å²) >= 11 is 0.